The summed E-state index contributed by atoms with van der Waals surface area (Å²) < 4.78 is 4.46. The zero-order chi connectivity index (χ0) is 10.3. The maximum Gasteiger partial charge on any atom is 0.322 e. The van der Waals surface area contributed by atoms with Crippen molar-refractivity contribution in [3.8, 4) is 0 Å². The Kier molecular flexibility index (Phi) is 5.54. The molecular weight excluding hydrogens is 170 g/mol. The maximum absolute atomic E-state index is 10.9. The number of carbonyl (C=O) groups is 1. The number of ether oxygens (including phenoxy) is 1. The van der Waals surface area contributed by atoms with Gasteiger partial charge >= 0.3 is 5.97 Å². The van der Waals surface area contributed by atoms with Crippen molar-refractivity contribution >= 4 is 12.2 Å². The summed E-state index contributed by atoms with van der Waals surface area (Å²) in [6.45, 7) is 0. The van der Waals surface area contributed by atoms with Gasteiger partial charge in [0.25, 0.3) is 0 Å². The quantitative estimate of drug-likeness (QED) is 0.453. The van der Waals surface area contributed by atoms with E-state index in [-0.39, 0.29) is 0 Å². The minimum absolute atomic E-state index is 0.334. The summed E-state index contributed by atoms with van der Waals surface area (Å²) in [6.07, 6.45) is 3.26. The van der Waals surface area contributed by atoms with Crippen LogP contribution in [0.4, 0.5) is 0 Å². The van der Waals surface area contributed by atoms with Crippen molar-refractivity contribution in [3.05, 3.63) is 11.8 Å². The minimum Gasteiger partial charge on any atom is -0.468 e. The smallest absolute Gasteiger partial charge is 0.322 e. The minimum atomic E-state index is -0.683. The first kappa shape index (κ1) is 11.6. The summed E-state index contributed by atoms with van der Waals surface area (Å²) in [5.41, 5.74) is 11.5. The average molecular weight is 185 g/mol. The van der Waals surface area contributed by atoms with E-state index in [4.69, 9.17) is 11.5 Å². The van der Waals surface area contributed by atoms with Crippen LogP contribution in [0.1, 0.15) is 6.42 Å². The van der Waals surface area contributed by atoms with Crippen molar-refractivity contribution < 1.29 is 9.53 Å². The molecule has 0 rings (SSSR count). The summed E-state index contributed by atoms with van der Waals surface area (Å²) in [4.78, 5) is 14.7. The summed E-state index contributed by atoms with van der Waals surface area (Å²) in [7, 11) is 2.91. The molecular formula is C8H15N3O2. The van der Waals surface area contributed by atoms with Crippen molar-refractivity contribution in [3.63, 3.8) is 0 Å². The molecule has 0 aliphatic rings. The Morgan fingerprint density at radius 2 is 2.31 bits per heavy atom. The number of nitrogens with zero attached hydrogens (tertiary/aromatic N) is 1. The second-order valence-electron chi connectivity index (χ2n) is 2.46. The molecule has 0 aromatic heterocycles. The topological polar surface area (TPSA) is 90.7 Å². The van der Waals surface area contributed by atoms with Crippen LogP contribution in [0.25, 0.3) is 0 Å². The molecule has 0 saturated heterocycles. The lowest BCUT2D eigenvalue weighted by Gasteiger charge is -2.08. The van der Waals surface area contributed by atoms with E-state index in [1.54, 1.807) is 13.3 Å². The Bertz CT molecular complexity index is 223. The standard InChI is InChI=1S/C8H15N3O2/c1-11-5-6(4-9)3-7(10)8(12)13-2/h4-5,7H,3,9-10H2,1-2H3/b6-4-,11-5?/t7-/m1/s1. The highest BCUT2D eigenvalue weighted by atomic mass is 16.5. The Morgan fingerprint density at radius 1 is 1.69 bits per heavy atom. The first-order valence-electron chi connectivity index (χ1n) is 3.82. The molecule has 0 amide bonds. The summed E-state index contributed by atoms with van der Waals surface area (Å²) in [5.74, 6) is -0.455. The fourth-order valence-corrected chi connectivity index (χ4v) is 0.818. The average Bonchev–Trinajstić information content (AvgIpc) is 2.15. The van der Waals surface area contributed by atoms with Crippen LogP contribution in [0.5, 0.6) is 0 Å². The van der Waals surface area contributed by atoms with Gasteiger partial charge in [-0.25, -0.2) is 0 Å². The molecule has 0 aliphatic heterocycles. The predicted molar refractivity (Wildman–Crippen MR) is 51.3 cm³/mol. The summed E-state index contributed by atoms with van der Waals surface area (Å²) in [5, 5.41) is 0. The molecule has 0 bridgehead atoms. The van der Waals surface area contributed by atoms with Gasteiger partial charge in [0.1, 0.15) is 6.04 Å². The lowest BCUT2D eigenvalue weighted by Crippen LogP contribution is -2.32. The Hall–Kier alpha value is -1.36. The van der Waals surface area contributed by atoms with E-state index >= 15 is 0 Å². The van der Waals surface area contributed by atoms with E-state index in [2.05, 4.69) is 9.73 Å². The molecule has 0 unspecified atom stereocenters. The second-order valence-corrected chi connectivity index (χ2v) is 2.46. The maximum atomic E-state index is 10.9. The van der Waals surface area contributed by atoms with Crippen molar-refractivity contribution in [2.45, 2.75) is 12.5 Å². The van der Waals surface area contributed by atoms with Gasteiger partial charge in [0.2, 0.25) is 0 Å². The highest BCUT2D eigenvalue weighted by Crippen LogP contribution is 2.01. The van der Waals surface area contributed by atoms with E-state index in [0.717, 1.165) is 0 Å². The Morgan fingerprint density at radius 3 is 2.69 bits per heavy atom. The van der Waals surface area contributed by atoms with Crippen molar-refractivity contribution in [1.82, 2.24) is 0 Å². The molecule has 0 aromatic rings. The number of nitrogens with two attached hydrogens (primary N) is 2. The first-order chi connectivity index (χ1) is 6.15. The zero-order valence-electron chi connectivity index (χ0n) is 7.86. The number of carbonyl (C=O) groups excluding carboxylic acids is 1. The fourth-order valence-electron chi connectivity index (χ4n) is 0.818. The Balaban J connectivity index is 4.17. The zero-order valence-corrected chi connectivity index (χ0v) is 7.86. The Labute approximate surface area is 77.5 Å². The molecule has 0 heterocycles. The van der Waals surface area contributed by atoms with Gasteiger partial charge in [-0.05, 0) is 11.8 Å². The molecule has 5 nitrogen and oxygen atoms in total. The van der Waals surface area contributed by atoms with Gasteiger partial charge in [0, 0.05) is 19.7 Å². The van der Waals surface area contributed by atoms with E-state index in [9.17, 15) is 4.79 Å². The predicted octanol–water partition coefficient (Wildman–Crippen LogP) is -0.580. The van der Waals surface area contributed by atoms with Crippen molar-refractivity contribution in [2.75, 3.05) is 14.2 Å². The lowest BCUT2D eigenvalue weighted by atomic mass is 10.1. The van der Waals surface area contributed by atoms with Gasteiger partial charge in [-0.1, -0.05) is 0 Å². The molecule has 0 radical (unpaired) electrons. The molecule has 5 heteroatoms. The largest absolute Gasteiger partial charge is 0.468 e. The normalized spacial score (nSPS) is 14.5. The second kappa shape index (κ2) is 6.19. The van der Waals surface area contributed by atoms with Crippen LogP contribution in [0.3, 0.4) is 0 Å². The van der Waals surface area contributed by atoms with Crippen LogP contribution < -0.4 is 11.5 Å². The van der Waals surface area contributed by atoms with Gasteiger partial charge in [0.05, 0.1) is 7.11 Å². The first-order valence-corrected chi connectivity index (χ1v) is 3.82. The van der Waals surface area contributed by atoms with Crippen LogP contribution >= 0.6 is 0 Å². The molecule has 0 saturated carbocycles. The van der Waals surface area contributed by atoms with Gasteiger partial charge in [-0.15, -0.1) is 0 Å². The molecule has 0 fully saturated rings. The summed E-state index contributed by atoms with van der Waals surface area (Å²) in [6, 6.07) is -0.683. The molecule has 4 N–H and O–H groups in total. The van der Waals surface area contributed by atoms with Crippen molar-refractivity contribution in [1.29, 1.82) is 0 Å². The monoisotopic (exact) mass is 185 g/mol. The number of esters is 1. The van der Waals surface area contributed by atoms with E-state index in [0.29, 0.717) is 12.0 Å². The van der Waals surface area contributed by atoms with Crippen LogP contribution in [-0.4, -0.2) is 32.4 Å². The third-order valence-corrected chi connectivity index (χ3v) is 1.47. The fraction of sp³-hybridized carbons (Fsp3) is 0.500. The van der Waals surface area contributed by atoms with Gasteiger partial charge in [-0.2, -0.15) is 0 Å². The third-order valence-electron chi connectivity index (χ3n) is 1.47. The molecule has 0 spiro atoms. The highest BCUT2D eigenvalue weighted by molar-refractivity contribution is 5.82. The van der Waals surface area contributed by atoms with E-state index in [1.165, 1.54) is 13.3 Å². The third kappa shape index (κ3) is 4.27. The SMILES string of the molecule is CN=C/C(=C\N)C[C@@H](N)C(=O)OC. The van der Waals surface area contributed by atoms with Crippen LogP contribution in [0, 0.1) is 0 Å². The van der Waals surface area contributed by atoms with E-state index < -0.39 is 12.0 Å². The van der Waals surface area contributed by atoms with E-state index in [1.807, 2.05) is 0 Å². The molecule has 13 heavy (non-hydrogen) atoms. The van der Waals surface area contributed by atoms with Gasteiger partial charge in [-0.3, -0.25) is 9.79 Å². The van der Waals surface area contributed by atoms with Crippen molar-refractivity contribution in [2.24, 2.45) is 16.5 Å². The summed E-state index contributed by atoms with van der Waals surface area (Å²) >= 11 is 0. The number of rotatable bonds is 4. The van der Waals surface area contributed by atoms with Gasteiger partial charge < -0.3 is 16.2 Å². The number of aliphatic imine (C=N–C) groups is 1. The van der Waals surface area contributed by atoms with Crippen LogP contribution in [0.2, 0.25) is 0 Å². The van der Waals surface area contributed by atoms with Gasteiger partial charge in [0.15, 0.2) is 0 Å². The molecule has 74 valence electrons. The molecule has 0 aromatic carbocycles. The number of hydrogen-bond donors (Lipinski definition) is 2. The molecule has 0 aliphatic carbocycles. The lowest BCUT2D eigenvalue weighted by molar-refractivity contribution is -0.142. The molecule has 1 atom stereocenters. The van der Waals surface area contributed by atoms with Crippen LogP contribution in [-0.2, 0) is 9.53 Å². The number of hydrogen-bond acceptors (Lipinski definition) is 5. The highest BCUT2D eigenvalue weighted by Gasteiger charge is 2.14. The van der Waals surface area contributed by atoms with Crippen LogP contribution in [0.15, 0.2) is 16.8 Å². The number of methoxy groups -OCH3 is 1.